The van der Waals surface area contributed by atoms with Gasteiger partial charge in [0.1, 0.15) is 23.0 Å². The molecule has 0 atom stereocenters. The third-order valence-electron chi connectivity index (χ3n) is 4.11. The summed E-state index contributed by atoms with van der Waals surface area (Å²) < 4.78 is 28.2. The molecule has 4 rings (SSSR count). The van der Waals surface area contributed by atoms with Gasteiger partial charge >= 0.3 is 5.97 Å². The zero-order valence-corrected chi connectivity index (χ0v) is 13.3. The Labute approximate surface area is 146 Å². The summed E-state index contributed by atoms with van der Waals surface area (Å²) in [5.74, 6) is -2.37. The fraction of sp³-hybridized carbons (Fsp3) is 0. The molecule has 1 heterocycles. The Morgan fingerprint density at radius 1 is 0.962 bits per heavy atom. The van der Waals surface area contributed by atoms with Crippen molar-refractivity contribution in [3.63, 3.8) is 0 Å². The highest BCUT2D eigenvalue weighted by atomic mass is 19.1. The van der Waals surface area contributed by atoms with E-state index in [1.165, 1.54) is 6.07 Å². The van der Waals surface area contributed by atoms with Crippen LogP contribution in [0.3, 0.4) is 0 Å². The van der Waals surface area contributed by atoms with Crippen LogP contribution in [0.4, 0.5) is 8.78 Å². The summed E-state index contributed by atoms with van der Waals surface area (Å²) in [6.45, 7) is 0. The maximum absolute atomic E-state index is 14.6. The van der Waals surface area contributed by atoms with Crippen molar-refractivity contribution in [1.82, 2.24) is 9.97 Å². The Morgan fingerprint density at radius 2 is 1.73 bits per heavy atom. The predicted octanol–water partition coefficient (Wildman–Crippen LogP) is 4.87. The lowest BCUT2D eigenvalue weighted by Crippen LogP contribution is -1.98. The molecule has 1 aromatic heterocycles. The number of nitrogens with zero attached hydrogens (tertiary/aromatic N) is 1. The van der Waals surface area contributed by atoms with E-state index in [1.807, 2.05) is 30.3 Å². The third-order valence-corrected chi connectivity index (χ3v) is 4.11. The molecule has 4 nitrogen and oxygen atoms in total. The molecule has 0 saturated carbocycles. The van der Waals surface area contributed by atoms with Crippen molar-refractivity contribution >= 4 is 17.0 Å². The van der Waals surface area contributed by atoms with Gasteiger partial charge in [0.25, 0.3) is 0 Å². The van der Waals surface area contributed by atoms with Crippen molar-refractivity contribution < 1.29 is 18.7 Å². The van der Waals surface area contributed by atoms with Gasteiger partial charge in [-0.15, -0.1) is 0 Å². The van der Waals surface area contributed by atoms with E-state index in [2.05, 4.69) is 9.97 Å². The molecule has 26 heavy (non-hydrogen) atoms. The summed E-state index contributed by atoms with van der Waals surface area (Å²) in [4.78, 5) is 18.2. The zero-order chi connectivity index (χ0) is 18.3. The Morgan fingerprint density at radius 3 is 2.42 bits per heavy atom. The lowest BCUT2D eigenvalue weighted by Gasteiger charge is -2.04. The summed E-state index contributed by atoms with van der Waals surface area (Å²) in [5, 5.41) is 9.21. The molecule has 0 bridgehead atoms. The van der Waals surface area contributed by atoms with Crippen LogP contribution in [0.1, 0.15) is 10.4 Å². The van der Waals surface area contributed by atoms with E-state index in [1.54, 1.807) is 12.1 Å². The molecular weight excluding hydrogens is 338 g/mol. The number of hydrogen-bond donors (Lipinski definition) is 2. The van der Waals surface area contributed by atoms with Gasteiger partial charge in [-0.3, -0.25) is 0 Å². The smallest absolute Gasteiger partial charge is 0.338 e. The van der Waals surface area contributed by atoms with Crippen LogP contribution in [0.25, 0.3) is 33.5 Å². The second-order valence-electron chi connectivity index (χ2n) is 5.80. The van der Waals surface area contributed by atoms with Gasteiger partial charge in [0.2, 0.25) is 0 Å². The summed E-state index contributed by atoms with van der Waals surface area (Å²) in [5.41, 5.74) is 1.77. The number of carboxylic acid groups (broad SMARTS) is 1. The van der Waals surface area contributed by atoms with E-state index < -0.39 is 17.6 Å². The first-order chi connectivity index (χ1) is 12.5. The Hall–Kier alpha value is -3.54. The van der Waals surface area contributed by atoms with E-state index in [9.17, 15) is 18.7 Å². The summed E-state index contributed by atoms with van der Waals surface area (Å²) in [6, 6.07) is 16.1. The number of aromatic amines is 1. The average molecular weight is 350 g/mol. The molecule has 0 spiro atoms. The van der Waals surface area contributed by atoms with Gasteiger partial charge in [0.15, 0.2) is 0 Å². The Balaban J connectivity index is 1.83. The fourth-order valence-corrected chi connectivity index (χ4v) is 2.89. The van der Waals surface area contributed by atoms with Gasteiger partial charge in [-0.05, 0) is 35.4 Å². The Kier molecular flexibility index (Phi) is 3.73. The van der Waals surface area contributed by atoms with E-state index in [-0.39, 0.29) is 28.0 Å². The van der Waals surface area contributed by atoms with Crippen molar-refractivity contribution in [2.45, 2.75) is 0 Å². The first kappa shape index (κ1) is 16.0. The minimum atomic E-state index is -1.30. The van der Waals surface area contributed by atoms with Crippen LogP contribution in [0, 0.1) is 11.6 Å². The molecule has 3 aromatic carbocycles. The molecule has 0 saturated heterocycles. The number of fused-ring (bicyclic) bond motifs is 1. The van der Waals surface area contributed by atoms with Crippen molar-refractivity contribution in [2.75, 3.05) is 0 Å². The molecule has 0 amide bonds. The molecular formula is C20H12F2N2O2. The minimum Gasteiger partial charge on any atom is -0.478 e. The number of hydrogen-bond acceptors (Lipinski definition) is 2. The third kappa shape index (κ3) is 2.71. The van der Waals surface area contributed by atoms with Crippen molar-refractivity contribution in [3.05, 3.63) is 77.9 Å². The van der Waals surface area contributed by atoms with Gasteiger partial charge in [-0.1, -0.05) is 36.4 Å². The van der Waals surface area contributed by atoms with Crippen molar-refractivity contribution in [2.24, 2.45) is 0 Å². The highest BCUT2D eigenvalue weighted by Crippen LogP contribution is 2.29. The highest BCUT2D eigenvalue weighted by Gasteiger charge is 2.17. The molecule has 6 heteroatoms. The van der Waals surface area contributed by atoms with Crippen LogP contribution in [-0.4, -0.2) is 21.0 Å². The van der Waals surface area contributed by atoms with Gasteiger partial charge in [0.05, 0.1) is 16.6 Å². The molecule has 0 aliphatic heterocycles. The monoisotopic (exact) mass is 350 g/mol. The first-order valence-electron chi connectivity index (χ1n) is 7.81. The largest absolute Gasteiger partial charge is 0.478 e. The first-order valence-corrected chi connectivity index (χ1v) is 7.81. The second-order valence-corrected chi connectivity index (χ2v) is 5.80. The van der Waals surface area contributed by atoms with Crippen LogP contribution in [0.15, 0.2) is 60.7 Å². The number of rotatable bonds is 3. The van der Waals surface area contributed by atoms with Gasteiger partial charge in [0, 0.05) is 0 Å². The van der Waals surface area contributed by atoms with Crippen LogP contribution in [0.2, 0.25) is 0 Å². The van der Waals surface area contributed by atoms with Gasteiger partial charge in [-0.25, -0.2) is 18.6 Å². The number of benzene rings is 3. The number of aromatic carboxylic acids is 1. The maximum atomic E-state index is 14.6. The SMILES string of the molecule is O=C(O)c1cc(F)cc2[nH]c(-c3ccc(-c4ccccc4)cc3F)nc12. The number of aromatic nitrogens is 2. The summed E-state index contributed by atoms with van der Waals surface area (Å²) in [7, 11) is 0. The minimum absolute atomic E-state index is 0.0837. The van der Waals surface area contributed by atoms with Crippen LogP contribution < -0.4 is 0 Å². The number of H-pyrrole nitrogens is 1. The van der Waals surface area contributed by atoms with E-state index >= 15 is 0 Å². The normalized spacial score (nSPS) is 11.0. The molecule has 0 unspecified atom stereocenters. The van der Waals surface area contributed by atoms with Gasteiger partial charge < -0.3 is 10.1 Å². The Bertz CT molecular complexity index is 1140. The summed E-state index contributed by atoms with van der Waals surface area (Å²) in [6.07, 6.45) is 0. The molecule has 0 radical (unpaired) electrons. The van der Waals surface area contributed by atoms with E-state index in [4.69, 9.17) is 0 Å². The molecule has 0 aliphatic rings. The van der Waals surface area contributed by atoms with Crippen molar-refractivity contribution in [1.29, 1.82) is 0 Å². The highest BCUT2D eigenvalue weighted by molar-refractivity contribution is 6.01. The molecule has 128 valence electrons. The number of imidazole rings is 1. The molecule has 4 aromatic rings. The number of halogens is 2. The van der Waals surface area contributed by atoms with Crippen LogP contribution in [-0.2, 0) is 0 Å². The number of carbonyl (C=O) groups is 1. The van der Waals surface area contributed by atoms with E-state index in [0.29, 0.717) is 5.56 Å². The number of nitrogens with one attached hydrogen (secondary N) is 1. The van der Waals surface area contributed by atoms with Crippen LogP contribution in [0.5, 0.6) is 0 Å². The second kappa shape index (κ2) is 6.07. The lowest BCUT2D eigenvalue weighted by molar-refractivity contribution is 0.0698. The van der Waals surface area contributed by atoms with Crippen LogP contribution >= 0.6 is 0 Å². The standard InChI is InChI=1S/C20H12F2N2O2/c21-13-9-15(20(25)26)18-17(10-13)23-19(24-18)14-7-6-12(8-16(14)22)11-4-2-1-3-5-11/h1-10H,(H,23,24)(H,25,26). The molecule has 0 fully saturated rings. The molecule has 0 aliphatic carbocycles. The fourth-order valence-electron chi connectivity index (χ4n) is 2.89. The zero-order valence-electron chi connectivity index (χ0n) is 13.3. The lowest BCUT2D eigenvalue weighted by atomic mass is 10.0. The average Bonchev–Trinajstić information content (AvgIpc) is 3.04. The number of carboxylic acids is 1. The maximum Gasteiger partial charge on any atom is 0.338 e. The summed E-state index contributed by atoms with van der Waals surface area (Å²) >= 11 is 0. The van der Waals surface area contributed by atoms with Gasteiger partial charge in [-0.2, -0.15) is 0 Å². The topological polar surface area (TPSA) is 66.0 Å². The van der Waals surface area contributed by atoms with Crippen molar-refractivity contribution in [3.8, 4) is 22.5 Å². The quantitative estimate of drug-likeness (QED) is 0.554. The molecule has 2 N–H and O–H groups in total. The van der Waals surface area contributed by atoms with E-state index in [0.717, 1.165) is 17.7 Å². The predicted molar refractivity (Wildman–Crippen MR) is 93.8 cm³/mol.